The number of amides is 1. The number of aliphatic hydroxyl groups is 1. The minimum Gasteiger partial charge on any atom is -0.497 e. The molecule has 1 aromatic heterocycles. The fourth-order valence-electron chi connectivity index (χ4n) is 3.72. The molecule has 8 heteroatoms. The zero-order valence-corrected chi connectivity index (χ0v) is 17.8. The lowest BCUT2D eigenvalue weighted by molar-refractivity contribution is 0.0733. The number of carbonyl (C=O) groups excluding carboxylic acids is 1. The fourth-order valence-corrected chi connectivity index (χ4v) is 3.72. The first kappa shape index (κ1) is 20.9. The molecule has 3 aromatic rings. The number of anilines is 1. The van der Waals surface area contributed by atoms with Crippen LogP contribution >= 0.6 is 0 Å². The first-order chi connectivity index (χ1) is 15.0. The van der Waals surface area contributed by atoms with E-state index in [4.69, 9.17) is 4.74 Å². The molecule has 162 valence electrons. The van der Waals surface area contributed by atoms with Crippen molar-refractivity contribution in [2.45, 2.75) is 19.6 Å². The molecule has 2 aromatic carbocycles. The normalized spacial score (nSPS) is 15.1. The number of benzene rings is 2. The van der Waals surface area contributed by atoms with E-state index >= 15 is 0 Å². The Kier molecular flexibility index (Phi) is 6.18. The molecular weight excluding hydrogens is 394 g/mol. The van der Waals surface area contributed by atoms with Crippen LogP contribution in [0.15, 0.2) is 54.9 Å². The minimum atomic E-state index is -0.756. The molecule has 1 atom stereocenters. The van der Waals surface area contributed by atoms with Gasteiger partial charge in [-0.3, -0.25) is 4.79 Å². The Balaban J connectivity index is 1.34. The Morgan fingerprint density at radius 2 is 1.87 bits per heavy atom. The number of hydrogen-bond donors (Lipinski definition) is 1. The van der Waals surface area contributed by atoms with E-state index in [0.717, 1.165) is 24.4 Å². The smallest absolute Gasteiger partial charge is 0.293 e. The molecule has 1 aliphatic rings. The summed E-state index contributed by atoms with van der Waals surface area (Å²) in [5, 5.41) is 14.8. The van der Waals surface area contributed by atoms with Gasteiger partial charge < -0.3 is 19.6 Å². The van der Waals surface area contributed by atoms with Gasteiger partial charge in [0.25, 0.3) is 5.91 Å². The van der Waals surface area contributed by atoms with Crippen LogP contribution in [0.5, 0.6) is 5.75 Å². The van der Waals surface area contributed by atoms with Crippen molar-refractivity contribution in [1.82, 2.24) is 19.7 Å². The summed E-state index contributed by atoms with van der Waals surface area (Å²) in [4.78, 5) is 21.1. The highest BCUT2D eigenvalue weighted by molar-refractivity contribution is 5.90. The maximum absolute atomic E-state index is 12.8. The van der Waals surface area contributed by atoms with Crippen molar-refractivity contribution in [3.63, 3.8) is 0 Å². The largest absolute Gasteiger partial charge is 0.497 e. The molecule has 1 amide bonds. The lowest BCUT2D eigenvalue weighted by Gasteiger charge is -2.35. The van der Waals surface area contributed by atoms with E-state index in [1.807, 2.05) is 0 Å². The molecule has 0 aliphatic carbocycles. The number of ether oxygens (including phenoxy) is 1. The van der Waals surface area contributed by atoms with Crippen LogP contribution in [0.25, 0.3) is 0 Å². The SMILES string of the molecule is COc1ccc(C(O)Cn2cnc(C(=O)N3CCN(c4cccc(C)c4)CC3)n2)cc1. The van der Waals surface area contributed by atoms with E-state index in [0.29, 0.717) is 13.1 Å². The predicted molar refractivity (Wildman–Crippen MR) is 117 cm³/mol. The molecular formula is C23H27N5O3. The Hall–Kier alpha value is -3.39. The van der Waals surface area contributed by atoms with Gasteiger partial charge in [0, 0.05) is 31.9 Å². The standard InChI is InChI=1S/C23H27N5O3/c1-17-4-3-5-19(14-17)26-10-12-27(13-11-26)23(30)22-24-16-28(25-22)15-21(29)18-6-8-20(31-2)9-7-18/h3-9,14,16,21,29H,10-13,15H2,1-2H3. The van der Waals surface area contributed by atoms with Crippen LogP contribution in [0.1, 0.15) is 27.8 Å². The molecule has 31 heavy (non-hydrogen) atoms. The Labute approximate surface area is 181 Å². The summed E-state index contributed by atoms with van der Waals surface area (Å²) in [7, 11) is 1.60. The van der Waals surface area contributed by atoms with Crippen LogP contribution in [0.3, 0.4) is 0 Å². The molecule has 1 fully saturated rings. The molecule has 0 saturated carbocycles. The average Bonchev–Trinajstić information content (AvgIpc) is 3.27. The molecule has 0 bridgehead atoms. The highest BCUT2D eigenvalue weighted by atomic mass is 16.5. The molecule has 2 heterocycles. The van der Waals surface area contributed by atoms with Crippen molar-refractivity contribution in [3.8, 4) is 5.75 Å². The first-order valence-corrected chi connectivity index (χ1v) is 10.4. The summed E-state index contributed by atoms with van der Waals surface area (Å²) in [5.74, 6) is 0.708. The highest BCUT2D eigenvalue weighted by Crippen LogP contribution is 2.20. The number of rotatable bonds is 6. The minimum absolute atomic E-state index is 0.158. The number of piperazine rings is 1. The Bertz CT molecular complexity index is 1030. The molecule has 8 nitrogen and oxygen atoms in total. The molecule has 0 radical (unpaired) electrons. The number of nitrogens with zero attached hydrogens (tertiary/aromatic N) is 5. The second kappa shape index (κ2) is 9.18. The maximum Gasteiger partial charge on any atom is 0.293 e. The monoisotopic (exact) mass is 421 g/mol. The quantitative estimate of drug-likeness (QED) is 0.658. The predicted octanol–water partition coefficient (Wildman–Crippen LogP) is 2.29. The van der Waals surface area contributed by atoms with Gasteiger partial charge in [-0.1, -0.05) is 24.3 Å². The second-order valence-corrected chi connectivity index (χ2v) is 7.70. The van der Waals surface area contributed by atoms with Crippen molar-refractivity contribution in [3.05, 3.63) is 71.8 Å². The van der Waals surface area contributed by atoms with Gasteiger partial charge in [0.1, 0.15) is 12.1 Å². The lowest BCUT2D eigenvalue weighted by Crippen LogP contribution is -2.49. The van der Waals surface area contributed by atoms with Crippen LogP contribution in [0, 0.1) is 6.92 Å². The number of aromatic nitrogens is 3. The van der Waals surface area contributed by atoms with Crippen LogP contribution < -0.4 is 9.64 Å². The zero-order valence-electron chi connectivity index (χ0n) is 17.8. The van der Waals surface area contributed by atoms with Gasteiger partial charge in [-0.05, 0) is 42.3 Å². The summed E-state index contributed by atoms with van der Waals surface area (Å²) in [6.07, 6.45) is 0.733. The summed E-state index contributed by atoms with van der Waals surface area (Å²) < 4.78 is 6.64. The van der Waals surface area contributed by atoms with E-state index in [1.165, 1.54) is 22.3 Å². The summed E-state index contributed by atoms with van der Waals surface area (Å²) >= 11 is 0. The molecule has 1 unspecified atom stereocenters. The van der Waals surface area contributed by atoms with E-state index in [9.17, 15) is 9.90 Å². The van der Waals surface area contributed by atoms with E-state index in [1.54, 1.807) is 36.3 Å². The number of hydrogen-bond acceptors (Lipinski definition) is 6. The van der Waals surface area contributed by atoms with Gasteiger partial charge in [0.2, 0.25) is 5.82 Å². The van der Waals surface area contributed by atoms with Crippen LogP contribution in [-0.2, 0) is 6.54 Å². The number of carbonyl (C=O) groups is 1. The summed E-state index contributed by atoms with van der Waals surface area (Å²) in [6.45, 7) is 5.08. The Morgan fingerprint density at radius 3 is 2.55 bits per heavy atom. The molecule has 0 spiro atoms. The van der Waals surface area contributed by atoms with Crippen LogP contribution in [-0.4, -0.2) is 64.0 Å². The fraction of sp³-hybridized carbons (Fsp3) is 0.348. The third kappa shape index (κ3) is 4.86. The van der Waals surface area contributed by atoms with E-state index < -0.39 is 6.10 Å². The van der Waals surface area contributed by atoms with Gasteiger partial charge in [0.05, 0.1) is 19.8 Å². The van der Waals surface area contributed by atoms with Crippen molar-refractivity contribution in [2.24, 2.45) is 0 Å². The summed E-state index contributed by atoms with van der Waals surface area (Å²) in [5.41, 5.74) is 3.15. The number of aliphatic hydroxyl groups excluding tert-OH is 1. The van der Waals surface area contributed by atoms with Gasteiger partial charge in [0.15, 0.2) is 0 Å². The molecule has 1 aliphatic heterocycles. The molecule has 4 rings (SSSR count). The van der Waals surface area contributed by atoms with E-state index in [-0.39, 0.29) is 18.3 Å². The third-order valence-electron chi connectivity index (χ3n) is 5.52. The summed E-state index contributed by atoms with van der Waals surface area (Å²) in [6, 6.07) is 15.6. The van der Waals surface area contributed by atoms with Crippen LogP contribution in [0.4, 0.5) is 5.69 Å². The maximum atomic E-state index is 12.8. The average molecular weight is 422 g/mol. The number of aryl methyl sites for hydroxylation is 1. The number of methoxy groups -OCH3 is 1. The lowest BCUT2D eigenvalue weighted by atomic mass is 10.1. The van der Waals surface area contributed by atoms with Gasteiger partial charge in [-0.2, -0.15) is 0 Å². The van der Waals surface area contributed by atoms with Crippen LogP contribution in [0.2, 0.25) is 0 Å². The van der Waals surface area contributed by atoms with Gasteiger partial charge in [-0.15, -0.1) is 5.10 Å². The topological polar surface area (TPSA) is 83.7 Å². The molecule has 1 saturated heterocycles. The van der Waals surface area contributed by atoms with Crippen molar-refractivity contribution in [2.75, 3.05) is 38.2 Å². The van der Waals surface area contributed by atoms with Crippen molar-refractivity contribution in [1.29, 1.82) is 0 Å². The van der Waals surface area contributed by atoms with Gasteiger partial charge in [-0.25, -0.2) is 9.67 Å². The van der Waals surface area contributed by atoms with Gasteiger partial charge >= 0.3 is 0 Å². The third-order valence-corrected chi connectivity index (χ3v) is 5.52. The Morgan fingerprint density at radius 1 is 1.13 bits per heavy atom. The first-order valence-electron chi connectivity index (χ1n) is 10.4. The second-order valence-electron chi connectivity index (χ2n) is 7.70. The highest BCUT2D eigenvalue weighted by Gasteiger charge is 2.25. The van der Waals surface area contributed by atoms with Crippen molar-refractivity contribution >= 4 is 11.6 Å². The van der Waals surface area contributed by atoms with Crippen molar-refractivity contribution < 1.29 is 14.6 Å². The molecule has 1 N–H and O–H groups in total. The van der Waals surface area contributed by atoms with E-state index in [2.05, 4.69) is 46.2 Å². The zero-order chi connectivity index (χ0) is 21.8.